The van der Waals surface area contributed by atoms with Crippen molar-refractivity contribution in [2.45, 2.75) is 39.2 Å². The van der Waals surface area contributed by atoms with Crippen LogP contribution in [0.15, 0.2) is 34.9 Å². The number of amides is 2. The number of hydrogen-bond acceptors (Lipinski definition) is 5. The molecule has 2 aromatic heterocycles. The van der Waals surface area contributed by atoms with Gasteiger partial charge in [0.1, 0.15) is 17.1 Å². The first-order valence-electron chi connectivity index (χ1n) is 11.4. The van der Waals surface area contributed by atoms with Crippen LogP contribution in [0.25, 0.3) is 16.7 Å². The third-order valence-electron chi connectivity index (χ3n) is 7.17. The number of hydrogen-bond donors (Lipinski definition) is 3. The van der Waals surface area contributed by atoms with E-state index in [-0.39, 0.29) is 17.4 Å². The largest absolute Gasteiger partial charge is 0.460 e. The lowest BCUT2D eigenvalue weighted by Gasteiger charge is -2.38. The summed E-state index contributed by atoms with van der Waals surface area (Å²) >= 11 is 0. The minimum Gasteiger partial charge on any atom is -0.460 e. The number of carbonyl (C=O) groups is 2. The van der Waals surface area contributed by atoms with Crippen molar-refractivity contribution < 1.29 is 18.7 Å². The van der Waals surface area contributed by atoms with Crippen LogP contribution in [0.5, 0.6) is 5.75 Å². The zero-order valence-electron chi connectivity index (χ0n) is 19.7. The van der Waals surface area contributed by atoms with E-state index >= 15 is 0 Å². The maximum absolute atomic E-state index is 13.3. The Hall–Kier alpha value is -3.81. The van der Waals surface area contributed by atoms with Crippen molar-refractivity contribution in [2.75, 3.05) is 13.6 Å². The van der Waals surface area contributed by atoms with Gasteiger partial charge in [0.2, 0.25) is 0 Å². The second-order valence-corrected chi connectivity index (χ2v) is 9.46. The summed E-state index contributed by atoms with van der Waals surface area (Å²) in [5.41, 5.74) is 3.04. The van der Waals surface area contributed by atoms with Crippen LogP contribution in [0.3, 0.4) is 0 Å². The standard InChI is InChI=1S/C26H28N4O4/c1-14-19(25(32)30-13-16-10-26(30,3)11-16)12-29-23(14)20(7-8-27)34-17-5-6-18-21(9-17)33-15(2)22(18)24(31)28-4/h5-9,12,16,27,29H,10-11,13H2,1-4H3,(H,28,31)/b20-7+,27-8?. The van der Waals surface area contributed by atoms with E-state index < -0.39 is 0 Å². The van der Waals surface area contributed by atoms with E-state index in [9.17, 15) is 9.59 Å². The number of nitrogens with zero attached hydrogens (tertiary/aromatic N) is 1. The first-order valence-corrected chi connectivity index (χ1v) is 11.4. The smallest absolute Gasteiger partial charge is 0.256 e. The van der Waals surface area contributed by atoms with Crippen molar-refractivity contribution in [3.05, 3.63) is 58.6 Å². The Bertz CT molecular complexity index is 1360. The second kappa shape index (κ2) is 7.90. The molecule has 3 fully saturated rings. The van der Waals surface area contributed by atoms with Crippen molar-refractivity contribution in [2.24, 2.45) is 5.92 Å². The highest BCUT2D eigenvalue weighted by Gasteiger charge is 2.54. The highest BCUT2D eigenvalue weighted by molar-refractivity contribution is 6.07. The number of H-pyrrole nitrogens is 1. The molecular formula is C26H28N4O4. The quantitative estimate of drug-likeness (QED) is 0.373. The molecule has 2 saturated heterocycles. The van der Waals surface area contributed by atoms with Gasteiger partial charge < -0.3 is 29.8 Å². The minimum atomic E-state index is -0.210. The van der Waals surface area contributed by atoms with Gasteiger partial charge in [-0.15, -0.1) is 0 Å². The molecule has 8 nitrogen and oxygen atoms in total. The van der Waals surface area contributed by atoms with Crippen LogP contribution < -0.4 is 10.1 Å². The second-order valence-electron chi connectivity index (χ2n) is 9.46. The number of benzene rings is 1. The fraction of sp³-hybridized carbons (Fsp3) is 0.346. The summed E-state index contributed by atoms with van der Waals surface area (Å²) in [6.45, 7) is 6.60. The van der Waals surface area contributed by atoms with E-state index in [1.54, 1.807) is 38.4 Å². The van der Waals surface area contributed by atoms with Gasteiger partial charge in [-0.3, -0.25) is 9.59 Å². The van der Waals surface area contributed by atoms with Gasteiger partial charge in [-0.1, -0.05) is 0 Å². The van der Waals surface area contributed by atoms with Crippen LogP contribution in [-0.4, -0.2) is 47.0 Å². The molecule has 3 aliphatic rings. The Kier molecular flexibility index (Phi) is 5.11. The normalized spacial score (nSPS) is 21.5. The highest BCUT2D eigenvalue weighted by Crippen LogP contribution is 2.50. The molecule has 4 heterocycles. The summed E-state index contributed by atoms with van der Waals surface area (Å²) in [6, 6.07) is 5.25. The Morgan fingerprint density at radius 2 is 2.09 bits per heavy atom. The van der Waals surface area contributed by atoms with Gasteiger partial charge in [-0.05, 0) is 57.2 Å². The van der Waals surface area contributed by atoms with Gasteiger partial charge in [0.25, 0.3) is 11.8 Å². The number of aromatic nitrogens is 1. The molecule has 3 N–H and O–H groups in total. The van der Waals surface area contributed by atoms with Crippen molar-refractivity contribution in [1.82, 2.24) is 15.2 Å². The van der Waals surface area contributed by atoms with Gasteiger partial charge in [-0.2, -0.15) is 0 Å². The highest BCUT2D eigenvalue weighted by atomic mass is 16.5. The fourth-order valence-corrected chi connectivity index (χ4v) is 5.50. The number of allylic oxidation sites excluding steroid dienone is 1. The van der Waals surface area contributed by atoms with Crippen molar-refractivity contribution in [1.29, 1.82) is 5.41 Å². The van der Waals surface area contributed by atoms with Crippen LogP contribution in [-0.2, 0) is 0 Å². The zero-order valence-corrected chi connectivity index (χ0v) is 19.7. The molecule has 8 heteroatoms. The molecule has 34 heavy (non-hydrogen) atoms. The van der Waals surface area contributed by atoms with E-state index in [1.165, 1.54) is 6.08 Å². The number of nitrogens with one attached hydrogen (secondary N) is 3. The average molecular weight is 461 g/mol. The van der Waals surface area contributed by atoms with Crippen molar-refractivity contribution >= 4 is 34.8 Å². The number of furan rings is 1. The number of ether oxygens (including phenoxy) is 1. The van der Waals surface area contributed by atoms with Gasteiger partial charge in [0.05, 0.1) is 16.8 Å². The lowest BCUT2D eigenvalue weighted by Crippen LogP contribution is -2.45. The lowest BCUT2D eigenvalue weighted by atomic mass is 9.75. The van der Waals surface area contributed by atoms with Gasteiger partial charge in [-0.25, -0.2) is 0 Å². The molecule has 1 saturated carbocycles. The zero-order chi connectivity index (χ0) is 24.2. The van der Waals surface area contributed by atoms with E-state index in [4.69, 9.17) is 14.6 Å². The molecule has 176 valence electrons. The topological polar surface area (TPSA) is 111 Å². The lowest BCUT2D eigenvalue weighted by molar-refractivity contribution is 0.0610. The number of aryl methyl sites for hydroxylation is 1. The van der Waals surface area contributed by atoms with Crippen LogP contribution in [0.4, 0.5) is 0 Å². The number of rotatable bonds is 6. The molecule has 1 aliphatic carbocycles. The number of aromatic amines is 1. The van der Waals surface area contributed by atoms with Gasteiger partial charge >= 0.3 is 0 Å². The molecule has 6 rings (SSSR count). The SMILES string of the molecule is CNC(=O)c1c(C)oc2cc(O/C(=C/C=N)c3[nH]cc(C(=O)N4CC5CC4(C)C5)c3C)ccc12. The molecule has 1 aromatic carbocycles. The maximum Gasteiger partial charge on any atom is 0.256 e. The monoisotopic (exact) mass is 460 g/mol. The molecule has 2 bridgehead atoms. The Morgan fingerprint density at radius 1 is 1.32 bits per heavy atom. The first-order chi connectivity index (χ1) is 16.3. The first kappa shape index (κ1) is 22.0. The maximum atomic E-state index is 13.3. The van der Waals surface area contributed by atoms with Gasteiger partial charge in [0.15, 0.2) is 5.76 Å². The molecule has 0 spiro atoms. The molecule has 2 aliphatic heterocycles. The molecule has 0 atom stereocenters. The molecule has 0 unspecified atom stereocenters. The van der Waals surface area contributed by atoms with Crippen LogP contribution in [0.1, 0.15) is 57.5 Å². The third-order valence-corrected chi connectivity index (χ3v) is 7.17. The van der Waals surface area contributed by atoms with E-state index in [0.29, 0.717) is 51.0 Å². The minimum absolute atomic E-state index is 0.0279. The average Bonchev–Trinajstić information content (AvgIpc) is 3.51. The van der Waals surface area contributed by atoms with E-state index in [1.807, 2.05) is 11.8 Å². The summed E-state index contributed by atoms with van der Waals surface area (Å²) in [5, 5.41) is 10.9. The summed E-state index contributed by atoms with van der Waals surface area (Å²) in [5.74, 6) is 1.88. The fourth-order valence-electron chi connectivity index (χ4n) is 5.50. The molecule has 3 aromatic rings. The van der Waals surface area contributed by atoms with Crippen molar-refractivity contribution in [3.8, 4) is 5.75 Å². The predicted molar refractivity (Wildman–Crippen MR) is 129 cm³/mol. The molecule has 2 amide bonds. The van der Waals surface area contributed by atoms with Crippen LogP contribution in [0.2, 0.25) is 0 Å². The van der Waals surface area contributed by atoms with E-state index in [2.05, 4.69) is 17.2 Å². The Balaban J connectivity index is 1.44. The molecular weight excluding hydrogens is 432 g/mol. The van der Waals surface area contributed by atoms with Gasteiger partial charge in [0, 0.05) is 49.1 Å². The number of carbonyl (C=O) groups excluding carboxylic acids is 2. The Labute approximate surface area is 197 Å². The van der Waals surface area contributed by atoms with Crippen molar-refractivity contribution in [3.63, 3.8) is 0 Å². The summed E-state index contributed by atoms with van der Waals surface area (Å²) in [6.07, 6.45) is 6.56. The van der Waals surface area contributed by atoms with E-state index in [0.717, 1.165) is 31.2 Å². The molecule has 0 radical (unpaired) electrons. The number of fused-ring (bicyclic) bond motifs is 2. The summed E-state index contributed by atoms with van der Waals surface area (Å²) in [4.78, 5) is 30.7. The predicted octanol–water partition coefficient (Wildman–Crippen LogP) is 4.43. The van der Waals surface area contributed by atoms with Crippen LogP contribution >= 0.6 is 0 Å². The van der Waals surface area contributed by atoms with Crippen LogP contribution in [0, 0.1) is 25.2 Å². The summed E-state index contributed by atoms with van der Waals surface area (Å²) < 4.78 is 11.9. The summed E-state index contributed by atoms with van der Waals surface area (Å²) in [7, 11) is 1.58. The Morgan fingerprint density at radius 3 is 2.74 bits per heavy atom. The third kappa shape index (κ3) is 3.32.